The smallest absolute Gasteiger partial charge is 0.254 e. The first-order chi connectivity index (χ1) is 10.6. The van der Waals surface area contributed by atoms with Gasteiger partial charge in [0.1, 0.15) is 6.10 Å². The van der Waals surface area contributed by atoms with Crippen LogP contribution in [0.25, 0.3) is 0 Å². The van der Waals surface area contributed by atoms with Crippen molar-refractivity contribution >= 4 is 5.91 Å². The van der Waals surface area contributed by atoms with E-state index in [1.807, 2.05) is 49.1 Å². The van der Waals surface area contributed by atoms with Gasteiger partial charge in [0.2, 0.25) is 0 Å². The van der Waals surface area contributed by atoms with E-state index >= 15 is 0 Å². The lowest BCUT2D eigenvalue weighted by molar-refractivity contribution is -0.0846. The maximum absolute atomic E-state index is 12.8. The van der Waals surface area contributed by atoms with Crippen LogP contribution in [0.2, 0.25) is 0 Å². The lowest BCUT2D eigenvalue weighted by atomic mass is 9.97. The van der Waals surface area contributed by atoms with Crippen LogP contribution in [0.3, 0.4) is 0 Å². The zero-order valence-corrected chi connectivity index (χ0v) is 12.9. The first kappa shape index (κ1) is 14.7. The van der Waals surface area contributed by atoms with Crippen LogP contribution >= 0.6 is 0 Å². The minimum atomic E-state index is -0.328. The second kappa shape index (κ2) is 5.89. The zero-order chi connectivity index (χ0) is 15.6. The van der Waals surface area contributed by atoms with Gasteiger partial charge in [-0.3, -0.25) is 9.78 Å². The molecule has 3 rings (SSSR count). The second-order valence-electron chi connectivity index (χ2n) is 6.17. The Balaban J connectivity index is 1.86. The van der Waals surface area contributed by atoms with Gasteiger partial charge in [0, 0.05) is 18.0 Å². The summed E-state index contributed by atoms with van der Waals surface area (Å²) in [6, 6.07) is 13.6. The summed E-state index contributed by atoms with van der Waals surface area (Å²) in [6.07, 6.45) is 3.21. The van der Waals surface area contributed by atoms with Crippen LogP contribution in [-0.2, 0) is 4.74 Å². The Bertz CT molecular complexity index is 641. The molecule has 4 heteroatoms. The number of hydrogen-bond acceptors (Lipinski definition) is 3. The van der Waals surface area contributed by atoms with Crippen molar-refractivity contribution < 1.29 is 9.53 Å². The van der Waals surface area contributed by atoms with Crippen LogP contribution in [-0.4, -0.2) is 34.5 Å². The second-order valence-corrected chi connectivity index (χ2v) is 6.17. The third-order valence-electron chi connectivity index (χ3n) is 4.06. The molecule has 1 amide bonds. The molecule has 0 radical (unpaired) electrons. The molecule has 1 fully saturated rings. The summed E-state index contributed by atoms with van der Waals surface area (Å²) in [5.41, 5.74) is 1.44. The van der Waals surface area contributed by atoms with Gasteiger partial charge < -0.3 is 9.64 Å². The molecule has 0 N–H and O–H groups in total. The molecule has 0 saturated carbocycles. The van der Waals surface area contributed by atoms with Crippen molar-refractivity contribution in [1.29, 1.82) is 0 Å². The summed E-state index contributed by atoms with van der Waals surface area (Å²) >= 11 is 0. The van der Waals surface area contributed by atoms with Gasteiger partial charge in [0.25, 0.3) is 5.91 Å². The number of ether oxygens (including phenoxy) is 1. The molecule has 1 saturated heterocycles. The Morgan fingerprint density at radius 2 is 1.86 bits per heavy atom. The first-order valence-electron chi connectivity index (χ1n) is 7.46. The van der Waals surface area contributed by atoms with Gasteiger partial charge in [-0.2, -0.15) is 0 Å². The predicted molar refractivity (Wildman–Crippen MR) is 84.5 cm³/mol. The molecule has 0 spiro atoms. The third-order valence-corrected chi connectivity index (χ3v) is 4.06. The highest BCUT2D eigenvalue weighted by atomic mass is 16.5. The van der Waals surface area contributed by atoms with E-state index in [2.05, 4.69) is 4.98 Å². The molecule has 22 heavy (non-hydrogen) atoms. The van der Waals surface area contributed by atoms with Gasteiger partial charge in [-0.05, 0) is 31.5 Å². The van der Waals surface area contributed by atoms with E-state index in [1.54, 1.807) is 24.5 Å². The quantitative estimate of drug-likeness (QED) is 0.855. The van der Waals surface area contributed by atoms with E-state index in [1.165, 1.54) is 0 Å². The van der Waals surface area contributed by atoms with Gasteiger partial charge >= 0.3 is 0 Å². The number of hydrogen-bond donors (Lipinski definition) is 0. The molecule has 4 nitrogen and oxygen atoms in total. The lowest BCUT2D eigenvalue weighted by Crippen LogP contribution is -2.56. The number of aromatic nitrogens is 1. The van der Waals surface area contributed by atoms with Crippen molar-refractivity contribution in [3.63, 3.8) is 0 Å². The maximum Gasteiger partial charge on any atom is 0.254 e. The largest absolute Gasteiger partial charge is 0.369 e. The molecule has 1 unspecified atom stereocenters. The third kappa shape index (κ3) is 2.88. The van der Waals surface area contributed by atoms with Gasteiger partial charge in [-0.15, -0.1) is 0 Å². The van der Waals surface area contributed by atoms with Crippen molar-refractivity contribution in [2.75, 3.05) is 13.2 Å². The summed E-state index contributed by atoms with van der Waals surface area (Å²) in [6.45, 7) is 5.14. The van der Waals surface area contributed by atoms with E-state index in [9.17, 15) is 4.79 Å². The van der Waals surface area contributed by atoms with Crippen molar-refractivity contribution in [2.45, 2.75) is 25.5 Å². The average Bonchev–Trinajstić information content (AvgIpc) is 2.56. The highest BCUT2D eigenvalue weighted by Crippen LogP contribution is 2.31. The summed E-state index contributed by atoms with van der Waals surface area (Å²) in [7, 11) is 0. The van der Waals surface area contributed by atoms with Crippen molar-refractivity contribution in [3.8, 4) is 0 Å². The van der Waals surface area contributed by atoms with Crippen molar-refractivity contribution in [3.05, 3.63) is 66.0 Å². The molecular formula is C18H20N2O2. The fraction of sp³-hybridized carbons (Fsp3) is 0.333. The first-order valence-corrected chi connectivity index (χ1v) is 7.46. The Morgan fingerprint density at radius 3 is 2.55 bits per heavy atom. The van der Waals surface area contributed by atoms with Crippen LogP contribution in [0.4, 0.5) is 0 Å². The van der Waals surface area contributed by atoms with Crippen LogP contribution in [0, 0.1) is 0 Å². The molecule has 1 aromatic heterocycles. The lowest BCUT2D eigenvalue weighted by Gasteiger charge is -2.45. The van der Waals surface area contributed by atoms with Crippen molar-refractivity contribution in [2.24, 2.45) is 0 Å². The summed E-state index contributed by atoms with van der Waals surface area (Å²) < 4.78 is 5.99. The number of pyridine rings is 1. The SMILES string of the molecule is CC1(C)COC(c2ccccc2)CN1C(=O)c1ccncc1. The monoisotopic (exact) mass is 296 g/mol. The van der Waals surface area contributed by atoms with Gasteiger partial charge in [-0.25, -0.2) is 0 Å². The molecule has 1 aromatic carbocycles. The summed E-state index contributed by atoms with van der Waals surface area (Å²) in [5.74, 6) is 0.0247. The predicted octanol–water partition coefficient (Wildman–Crippen LogP) is 3.07. The number of benzene rings is 1. The zero-order valence-electron chi connectivity index (χ0n) is 12.9. The average molecular weight is 296 g/mol. The standard InChI is InChI=1S/C18H20N2O2/c1-18(2)13-22-16(14-6-4-3-5-7-14)12-20(18)17(21)15-8-10-19-11-9-15/h3-11,16H,12-13H2,1-2H3. The molecular weight excluding hydrogens is 276 g/mol. The molecule has 0 aliphatic carbocycles. The van der Waals surface area contributed by atoms with Crippen LogP contribution in [0.15, 0.2) is 54.9 Å². The van der Waals surface area contributed by atoms with E-state index in [4.69, 9.17) is 4.74 Å². The molecule has 2 heterocycles. The van der Waals surface area contributed by atoms with E-state index < -0.39 is 0 Å². The number of amides is 1. The van der Waals surface area contributed by atoms with E-state index in [0.29, 0.717) is 18.7 Å². The van der Waals surface area contributed by atoms with Gasteiger partial charge in [0.05, 0.1) is 18.7 Å². The van der Waals surface area contributed by atoms with Crippen LogP contribution in [0.1, 0.15) is 35.9 Å². The number of carbonyl (C=O) groups is 1. The van der Waals surface area contributed by atoms with E-state index in [-0.39, 0.29) is 17.6 Å². The molecule has 114 valence electrons. The fourth-order valence-electron chi connectivity index (χ4n) is 2.73. The topological polar surface area (TPSA) is 42.4 Å². The van der Waals surface area contributed by atoms with E-state index in [0.717, 1.165) is 5.56 Å². The fourth-order valence-corrected chi connectivity index (χ4v) is 2.73. The number of carbonyl (C=O) groups excluding carboxylic acids is 1. The Hall–Kier alpha value is -2.20. The van der Waals surface area contributed by atoms with Crippen LogP contribution in [0.5, 0.6) is 0 Å². The number of morpholine rings is 1. The minimum absolute atomic E-state index is 0.0247. The van der Waals surface area contributed by atoms with Gasteiger partial charge in [-0.1, -0.05) is 30.3 Å². The summed E-state index contributed by atoms with van der Waals surface area (Å²) in [4.78, 5) is 18.7. The Kier molecular flexibility index (Phi) is 3.94. The highest BCUT2D eigenvalue weighted by molar-refractivity contribution is 5.94. The molecule has 1 atom stereocenters. The van der Waals surface area contributed by atoms with Crippen LogP contribution < -0.4 is 0 Å². The number of nitrogens with zero attached hydrogens (tertiary/aromatic N) is 2. The summed E-state index contributed by atoms with van der Waals surface area (Å²) in [5, 5.41) is 0. The molecule has 1 aliphatic heterocycles. The molecule has 1 aliphatic rings. The maximum atomic E-state index is 12.8. The normalized spacial score (nSPS) is 20.6. The molecule has 0 bridgehead atoms. The molecule has 2 aromatic rings. The van der Waals surface area contributed by atoms with Crippen molar-refractivity contribution in [1.82, 2.24) is 9.88 Å². The number of rotatable bonds is 2. The Morgan fingerprint density at radius 1 is 1.18 bits per heavy atom. The minimum Gasteiger partial charge on any atom is -0.369 e. The highest BCUT2D eigenvalue weighted by Gasteiger charge is 2.38. The Labute approximate surface area is 130 Å². The van der Waals surface area contributed by atoms with Gasteiger partial charge in [0.15, 0.2) is 0 Å².